The van der Waals surface area contributed by atoms with E-state index in [9.17, 15) is 14.4 Å². The number of benzene rings is 1. The number of hydrogen-bond donors (Lipinski definition) is 2. The highest BCUT2D eigenvalue weighted by molar-refractivity contribution is 6.10. The first-order valence-corrected chi connectivity index (χ1v) is 11.3. The Balaban J connectivity index is 1.25. The molecule has 168 valence electrons. The average molecular weight is 438 g/mol. The number of carbonyl (C=O) groups is 3. The van der Waals surface area contributed by atoms with Gasteiger partial charge in [0, 0.05) is 11.3 Å². The Morgan fingerprint density at radius 2 is 2.00 bits per heavy atom. The van der Waals surface area contributed by atoms with Crippen LogP contribution in [0.2, 0.25) is 0 Å². The Labute approximate surface area is 185 Å². The van der Waals surface area contributed by atoms with Crippen molar-refractivity contribution in [2.75, 3.05) is 11.9 Å². The zero-order valence-electron chi connectivity index (χ0n) is 18.1. The van der Waals surface area contributed by atoms with Crippen LogP contribution in [0.1, 0.15) is 57.9 Å². The summed E-state index contributed by atoms with van der Waals surface area (Å²) in [5.74, 6) is 0.537. The van der Waals surface area contributed by atoms with Gasteiger partial charge in [-0.3, -0.25) is 14.5 Å². The summed E-state index contributed by atoms with van der Waals surface area (Å²) < 4.78 is 1.81. The number of carbonyl (C=O) groups excluding carboxylic acids is 3. The molecule has 2 aromatic rings. The number of hydrogen-bond acceptors (Lipinski definition) is 6. The highest BCUT2D eigenvalue weighted by Crippen LogP contribution is 2.38. The van der Waals surface area contributed by atoms with Crippen LogP contribution in [0.3, 0.4) is 0 Å². The maximum Gasteiger partial charge on any atom is 0.325 e. The van der Waals surface area contributed by atoms with Crippen LogP contribution in [0, 0.1) is 5.92 Å². The monoisotopic (exact) mass is 437 g/mol. The molecular weight excluding hydrogens is 410 g/mol. The van der Waals surface area contributed by atoms with Gasteiger partial charge in [0.2, 0.25) is 5.91 Å². The molecule has 0 unspecified atom stereocenters. The van der Waals surface area contributed by atoms with Gasteiger partial charge in [-0.25, -0.2) is 9.48 Å². The maximum absolute atomic E-state index is 13.0. The Kier molecular flexibility index (Phi) is 5.15. The number of rotatable bonds is 6. The predicted molar refractivity (Wildman–Crippen MR) is 115 cm³/mol. The third-order valence-corrected chi connectivity index (χ3v) is 6.87. The fourth-order valence-corrected chi connectivity index (χ4v) is 4.77. The lowest BCUT2D eigenvalue weighted by Gasteiger charge is -2.34. The molecule has 1 spiro atoms. The van der Waals surface area contributed by atoms with Crippen molar-refractivity contribution in [1.82, 2.24) is 30.4 Å². The van der Waals surface area contributed by atoms with E-state index in [1.54, 1.807) is 16.8 Å². The van der Waals surface area contributed by atoms with Crippen LogP contribution >= 0.6 is 0 Å². The molecule has 2 N–H and O–H groups in total. The fraction of sp³-hybridized carbons (Fsp3) is 0.545. The van der Waals surface area contributed by atoms with E-state index < -0.39 is 17.5 Å². The van der Waals surface area contributed by atoms with Crippen LogP contribution in [0.4, 0.5) is 10.5 Å². The minimum Gasteiger partial charge on any atom is -0.325 e. The molecule has 5 rings (SSSR count). The van der Waals surface area contributed by atoms with Crippen molar-refractivity contribution in [3.05, 3.63) is 24.3 Å². The molecule has 0 radical (unpaired) electrons. The molecule has 2 heterocycles. The maximum atomic E-state index is 13.0. The van der Waals surface area contributed by atoms with E-state index in [0.717, 1.165) is 42.6 Å². The van der Waals surface area contributed by atoms with Gasteiger partial charge in [-0.1, -0.05) is 25.5 Å². The summed E-state index contributed by atoms with van der Waals surface area (Å²) in [6.07, 6.45) is 6.28. The van der Waals surface area contributed by atoms with Crippen LogP contribution in [0.15, 0.2) is 24.3 Å². The fourth-order valence-electron chi connectivity index (χ4n) is 4.77. The van der Waals surface area contributed by atoms with Gasteiger partial charge in [-0.2, -0.15) is 0 Å². The molecule has 1 aromatic heterocycles. The standard InChI is InChI=1S/C22H27N7O3/c1-2-14-8-10-22(11-9-14)20(31)28(21(32)24-22)13-18(30)23-16-5-3-4-15(12-16)19-25-26-27-29(19)17-6-7-17/h3-5,12,14,17H,2,6-11,13H2,1H3,(H,23,30)(H,24,32). The number of anilines is 1. The lowest BCUT2D eigenvalue weighted by Crippen LogP contribution is -2.49. The van der Waals surface area contributed by atoms with Crippen LogP contribution in [-0.2, 0) is 9.59 Å². The Morgan fingerprint density at radius 3 is 2.72 bits per heavy atom. The number of urea groups is 1. The van der Waals surface area contributed by atoms with Crippen molar-refractivity contribution in [2.24, 2.45) is 5.92 Å². The molecule has 1 aliphatic heterocycles. The van der Waals surface area contributed by atoms with Crippen LogP contribution < -0.4 is 10.6 Å². The Morgan fingerprint density at radius 1 is 1.22 bits per heavy atom. The van der Waals surface area contributed by atoms with E-state index in [1.165, 1.54) is 0 Å². The second kappa shape index (κ2) is 7.99. The minimum absolute atomic E-state index is 0.287. The first-order chi connectivity index (χ1) is 15.5. The molecule has 32 heavy (non-hydrogen) atoms. The molecule has 4 amide bonds. The van der Waals surface area contributed by atoms with Gasteiger partial charge in [-0.05, 0) is 67.0 Å². The number of aromatic nitrogens is 4. The molecule has 1 saturated heterocycles. The molecular formula is C22H27N7O3. The summed E-state index contributed by atoms with van der Waals surface area (Å²) >= 11 is 0. The van der Waals surface area contributed by atoms with Gasteiger partial charge in [0.25, 0.3) is 5.91 Å². The quantitative estimate of drug-likeness (QED) is 0.670. The molecule has 0 bridgehead atoms. The van der Waals surface area contributed by atoms with Crippen LogP contribution in [-0.4, -0.2) is 55.0 Å². The van der Waals surface area contributed by atoms with Gasteiger partial charge >= 0.3 is 6.03 Å². The van der Waals surface area contributed by atoms with E-state index in [0.29, 0.717) is 36.3 Å². The highest BCUT2D eigenvalue weighted by Gasteiger charge is 2.52. The van der Waals surface area contributed by atoms with Crippen molar-refractivity contribution in [2.45, 2.75) is 63.5 Å². The van der Waals surface area contributed by atoms with E-state index in [-0.39, 0.29) is 12.5 Å². The molecule has 2 saturated carbocycles. The molecule has 10 nitrogen and oxygen atoms in total. The third kappa shape index (κ3) is 3.74. The molecule has 2 aliphatic carbocycles. The van der Waals surface area contributed by atoms with Gasteiger partial charge < -0.3 is 10.6 Å². The van der Waals surface area contributed by atoms with Crippen molar-refractivity contribution in [3.63, 3.8) is 0 Å². The first-order valence-electron chi connectivity index (χ1n) is 11.3. The van der Waals surface area contributed by atoms with Crippen molar-refractivity contribution in [1.29, 1.82) is 0 Å². The average Bonchev–Trinajstić information content (AvgIpc) is 3.48. The van der Waals surface area contributed by atoms with Crippen molar-refractivity contribution < 1.29 is 14.4 Å². The van der Waals surface area contributed by atoms with Crippen LogP contribution in [0.25, 0.3) is 11.4 Å². The zero-order chi connectivity index (χ0) is 22.3. The summed E-state index contributed by atoms with van der Waals surface area (Å²) in [7, 11) is 0. The largest absolute Gasteiger partial charge is 0.325 e. The van der Waals surface area contributed by atoms with Crippen LogP contribution in [0.5, 0.6) is 0 Å². The first kappa shape index (κ1) is 20.6. The number of amides is 4. The SMILES string of the molecule is CCC1CCC2(CC1)NC(=O)N(CC(=O)Nc1cccc(-c3nnnn3C3CC3)c1)C2=O. The lowest BCUT2D eigenvalue weighted by molar-refractivity contribution is -0.135. The van der Waals surface area contributed by atoms with E-state index in [2.05, 4.69) is 33.1 Å². The summed E-state index contributed by atoms with van der Waals surface area (Å²) in [6, 6.07) is 7.09. The van der Waals surface area contributed by atoms with Gasteiger partial charge in [0.15, 0.2) is 5.82 Å². The second-order valence-corrected chi connectivity index (χ2v) is 9.06. The third-order valence-electron chi connectivity index (χ3n) is 6.87. The summed E-state index contributed by atoms with van der Waals surface area (Å²) in [6.45, 7) is 1.84. The molecule has 3 fully saturated rings. The Bertz CT molecular complexity index is 1050. The Hall–Kier alpha value is -3.30. The smallest absolute Gasteiger partial charge is 0.325 e. The predicted octanol–water partition coefficient (Wildman–Crippen LogP) is 2.50. The van der Waals surface area contributed by atoms with Crippen molar-refractivity contribution in [3.8, 4) is 11.4 Å². The highest BCUT2D eigenvalue weighted by atomic mass is 16.2. The molecule has 1 aromatic carbocycles. The minimum atomic E-state index is -0.844. The van der Waals surface area contributed by atoms with Gasteiger partial charge in [0.05, 0.1) is 6.04 Å². The lowest BCUT2D eigenvalue weighted by atomic mass is 9.75. The molecule has 10 heteroatoms. The van der Waals surface area contributed by atoms with E-state index in [4.69, 9.17) is 0 Å². The number of nitrogens with one attached hydrogen (secondary N) is 2. The van der Waals surface area contributed by atoms with Gasteiger partial charge in [-0.15, -0.1) is 5.10 Å². The summed E-state index contributed by atoms with van der Waals surface area (Å²) in [4.78, 5) is 39.3. The zero-order valence-corrected chi connectivity index (χ0v) is 18.1. The number of tetrazole rings is 1. The van der Waals surface area contributed by atoms with Gasteiger partial charge in [0.1, 0.15) is 12.1 Å². The molecule has 3 aliphatic rings. The normalized spacial score (nSPS) is 25.3. The second-order valence-electron chi connectivity index (χ2n) is 9.06. The topological polar surface area (TPSA) is 122 Å². The molecule has 0 atom stereocenters. The number of imide groups is 1. The summed E-state index contributed by atoms with van der Waals surface area (Å²) in [5, 5.41) is 17.6. The van der Waals surface area contributed by atoms with E-state index in [1.807, 2.05) is 12.1 Å². The van der Waals surface area contributed by atoms with E-state index >= 15 is 0 Å². The van der Waals surface area contributed by atoms with Crippen molar-refractivity contribution >= 4 is 23.5 Å². The summed E-state index contributed by atoms with van der Waals surface area (Å²) in [5.41, 5.74) is 0.507. The number of nitrogens with zero attached hydrogens (tertiary/aromatic N) is 5.